The lowest BCUT2D eigenvalue weighted by Crippen LogP contribution is -2.37. The maximum atomic E-state index is 13.5. The first kappa shape index (κ1) is 22.0. The molecule has 0 unspecified atom stereocenters. The summed E-state index contributed by atoms with van der Waals surface area (Å²) in [6.45, 7) is 6.92. The fourth-order valence-corrected chi connectivity index (χ4v) is 3.67. The number of ether oxygens (including phenoxy) is 1. The molecule has 2 aromatic rings. The van der Waals surface area contributed by atoms with Crippen molar-refractivity contribution in [1.29, 1.82) is 0 Å². The van der Waals surface area contributed by atoms with Crippen LogP contribution >= 0.6 is 0 Å². The molecule has 0 fully saturated rings. The molecule has 0 spiro atoms. The van der Waals surface area contributed by atoms with Crippen LogP contribution in [0, 0.1) is 18.7 Å². The number of hydrogen-bond donors (Lipinski definition) is 1. The first-order valence-electron chi connectivity index (χ1n) is 9.00. The molecule has 1 N–H and O–H groups in total. The molecule has 2 rings (SSSR count). The SMILES string of the molecule is Cc1ccc(S(=O)(=O)NC[C@H](Cc2cccc(F)c2)C(=O)OC(C)(C)C)cc1. The molecule has 28 heavy (non-hydrogen) atoms. The van der Waals surface area contributed by atoms with Crippen molar-refractivity contribution in [3.8, 4) is 0 Å². The normalized spacial score (nSPS) is 13.2. The second kappa shape index (κ2) is 8.84. The summed E-state index contributed by atoms with van der Waals surface area (Å²) in [4.78, 5) is 12.7. The zero-order valence-electron chi connectivity index (χ0n) is 16.5. The number of nitrogens with one attached hydrogen (secondary N) is 1. The average molecular weight is 408 g/mol. The van der Waals surface area contributed by atoms with Gasteiger partial charge in [0.2, 0.25) is 10.0 Å². The molecule has 0 heterocycles. The molecule has 0 aliphatic carbocycles. The summed E-state index contributed by atoms with van der Waals surface area (Å²) >= 11 is 0. The van der Waals surface area contributed by atoms with Crippen LogP contribution in [0.1, 0.15) is 31.9 Å². The van der Waals surface area contributed by atoms with Crippen LogP contribution in [0.15, 0.2) is 53.4 Å². The van der Waals surface area contributed by atoms with Gasteiger partial charge in [-0.25, -0.2) is 17.5 Å². The quantitative estimate of drug-likeness (QED) is 0.712. The third kappa shape index (κ3) is 6.73. The van der Waals surface area contributed by atoms with Gasteiger partial charge in [0.1, 0.15) is 11.4 Å². The van der Waals surface area contributed by atoms with Crippen molar-refractivity contribution in [2.24, 2.45) is 5.92 Å². The molecule has 0 radical (unpaired) electrons. The van der Waals surface area contributed by atoms with Gasteiger partial charge in [-0.1, -0.05) is 29.8 Å². The smallest absolute Gasteiger partial charge is 0.311 e. The Hall–Kier alpha value is -2.25. The number of aryl methyl sites for hydroxylation is 1. The molecule has 2 aromatic carbocycles. The Morgan fingerprint density at radius 1 is 1.14 bits per heavy atom. The predicted molar refractivity (Wildman–Crippen MR) is 106 cm³/mol. The lowest BCUT2D eigenvalue weighted by atomic mass is 9.99. The van der Waals surface area contributed by atoms with Crippen LogP contribution < -0.4 is 4.72 Å². The van der Waals surface area contributed by atoms with E-state index in [0.29, 0.717) is 5.56 Å². The highest BCUT2D eigenvalue weighted by Crippen LogP contribution is 2.17. The van der Waals surface area contributed by atoms with Crippen LogP contribution in [0.4, 0.5) is 4.39 Å². The number of halogens is 1. The maximum absolute atomic E-state index is 13.5. The van der Waals surface area contributed by atoms with E-state index < -0.39 is 33.3 Å². The summed E-state index contributed by atoms with van der Waals surface area (Å²) < 4.78 is 46.5. The van der Waals surface area contributed by atoms with Crippen LogP contribution in [0.2, 0.25) is 0 Å². The molecule has 5 nitrogen and oxygen atoms in total. The van der Waals surface area contributed by atoms with Crippen molar-refractivity contribution in [2.45, 2.75) is 44.6 Å². The molecule has 0 amide bonds. The number of benzene rings is 2. The first-order chi connectivity index (χ1) is 13.0. The maximum Gasteiger partial charge on any atom is 0.311 e. The van der Waals surface area contributed by atoms with Crippen molar-refractivity contribution < 1.29 is 22.3 Å². The summed E-state index contributed by atoms with van der Waals surface area (Å²) in [6.07, 6.45) is 0.156. The standard InChI is InChI=1S/C21H26FNO4S/c1-15-8-10-19(11-9-15)28(25,26)23-14-17(20(24)27-21(2,3)4)12-16-6-5-7-18(22)13-16/h5-11,13,17,23H,12,14H2,1-4H3/t17-/m0/s1. The zero-order chi connectivity index (χ0) is 20.9. The average Bonchev–Trinajstić information content (AvgIpc) is 2.57. The Labute approximate surface area is 166 Å². The molecule has 1 atom stereocenters. The van der Waals surface area contributed by atoms with Crippen LogP contribution in [0.25, 0.3) is 0 Å². The van der Waals surface area contributed by atoms with Gasteiger partial charge in [-0.05, 0) is 63.9 Å². The molecular weight excluding hydrogens is 381 g/mol. The Bertz CT molecular complexity index is 918. The number of carbonyl (C=O) groups excluding carboxylic acids is 1. The van der Waals surface area contributed by atoms with E-state index in [4.69, 9.17) is 4.74 Å². The topological polar surface area (TPSA) is 72.5 Å². The van der Waals surface area contributed by atoms with E-state index in [0.717, 1.165) is 5.56 Å². The van der Waals surface area contributed by atoms with E-state index in [1.807, 2.05) is 6.92 Å². The van der Waals surface area contributed by atoms with Crippen molar-refractivity contribution >= 4 is 16.0 Å². The Morgan fingerprint density at radius 3 is 2.36 bits per heavy atom. The molecule has 0 aliphatic heterocycles. The van der Waals surface area contributed by atoms with E-state index in [2.05, 4.69) is 4.72 Å². The summed E-state index contributed by atoms with van der Waals surface area (Å²) in [6, 6.07) is 12.3. The lowest BCUT2D eigenvalue weighted by Gasteiger charge is -2.24. The largest absolute Gasteiger partial charge is 0.460 e. The lowest BCUT2D eigenvalue weighted by molar-refractivity contribution is -0.159. The van der Waals surface area contributed by atoms with Crippen LogP contribution in [-0.2, 0) is 26.0 Å². The van der Waals surface area contributed by atoms with Gasteiger partial charge in [0, 0.05) is 6.54 Å². The monoisotopic (exact) mass is 407 g/mol. The number of rotatable bonds is 7. The molecule has 0 aromatic heterocycles. The van der Waals surface area contributed by atoms with E-state index in [9.17, 15) is 17.6 Å². The summed E-state index contributed by atoms with van der Waals surface area (Å²) in [5, 5.41) is 0. The molecular formula is C21H26FNO4S. The Kier molecular flexibility index (Phi) is 6.96. The van der Waals surface area contributed by atoms with Crippen molar-refractivity contribution in [1.82, 2.24) is 4.72 Å². The Morgan fingerprint density at radius 2 is 1.79 bits per heavy atom. The van der Waals surface area contributed by atoms with E-state index in [1.165, 1.54) is 24.3 Å². The number of esters is 1. The van der Waals surface area contributed by atoms with Crippen LogP contribution in [0.5, 0.6) is 0 Å². The highest BCUT2D eigenvalue weighted by Gasteiger charge is 2.27. The summed E-state index contributed by atoms with van der Waals surface area (Å²) in [5.41, 5.74) is 0.815. The van der Waals surface area contributed by atoms with Gasteiger partial charge in [0.25, 0.3) is 0 Å². The van der Waals surface area contributed by atoms with Gasteiger partial charge in [-0.15, -0.1) is 0 Å². The zero-order valence-corrected chi connectivity index (χ0v) is 17.3. The Balaban J connectivity index is 2.18. The fraction of sp³-hybridized carbons (Fsp3) is 0.381. The third-order valence-corrected chi connectivity index (χ3v) is 5.40. The number of sulfonamides is 1. The molecule has 0 bridgehead atoms. The van der Waals surface area contributed by atoms with Gasteiger partial charge in [-0.3, -0.25) is 4.79 Å². The molecule has 7 heteroatoms. The van der Waals surface area contributed by atoms with Gasteiger partial charge in [0.05, 0.1) is 10.8 Å². The minimum Gasteiger partial charge on any atom is -0.460 e. The molecule has 152 valence electrons. The summed E-state index contributed by atoms with van der Waals surface area (Å²) in [7, 11) is -3.78. The highest BCUT2D eigenvalue weighted by atomic mass is 32.2. The van der Waals surface area contributed by atoms with Gasteiger partial charge in [-0.2, -0.15) is 0 Å². The van der Waals surface area contributed by atoms with E-state index in [1.54, 1.807) is 45.0 Å². The van der Waals surface area contributed by atoms with E-state index in [-0.39, 0.29) is 17.9 Å². The highest BCUT2D eigenvalue weighted by molar-refractivity contribution is 7.89. The minimum atomic E-state index is -3.78. The molecule has 0 saturated carbocycles. The molecule has 0 aliphatic rings. The van der Waals surface area contributed by atoms with Gasteiger partial charge >= 0.3 is 5.97 Å². The van der Waals surface area contributed by atoms with Crippen LogP contribution in [-0.4, -0.2) is 26.5 Å². The predicted octanol–water partition coefficient (Wildman–Crippen LogP) is 3.61. The second-order valence-electron chi connectivity index (χ2n) is 7.73. The van der Waals surface area contributed by atoms with Gasteiger partial charge < -0.3 is 4.74 Å². The van der Waals surface area contributed by atoms with Crippen molar-refractivity contribution in [2.75, 3.05) is 6.54 Å². The summed E-state index contributed by atoms with van der Waals surface area (Å²) in [5.74, 6) is -1.75. The van der Waals surface area contributed by atoms with E-state index >= 15 is 0 Å². The van der Waals surface area contributed by atoms with Crippen molar-refractivity contribution in [3.05, 3.63) is 65.5 Å². The number of hydrogen-bond acceptors (Lipinski definition) is 4. The van der Waals surface area contributed by atoms with Crippen LogP contribution in [0.3, 0.4) is 0 Å². The second-order valence-corrected chi connectivity index (χ2v) is 9.50. The fourth-order valence-electron chi connectivity index (χ4n) is 2.58. The number of carbonyl (C=O) groups is 1. The van der Waals surface area contributed by atoms with Gasteiger partial charge in [0.15, 0.2) is 0 Å². The minimum absolute atomic E-state index is 0.117. The van der Waals surface area contributed by atoms with Crippen molar-refractivity contribution in [3.63, 3.8) is 0 Å². The third-order valence-electron chi connectivity index (χ3n) is 3.96. The first-order valence-corrected chi connectivity index (χ1v) is 10.5. The molecule has 0 saturated heterocycles.